The summed E-state index contributed by atoms with van der Waals surface area (Å²) in [5.74, 6) is 0.479. The molecule has 52 heavy (non-hydrogen) atoms. The van der Waals surface area contributed by atoms with Crippen molar-refractivity contribution in [3.63, 3.8) is 0 Å². The minimum Gasteiger partial charge on any atom is -0.372 e. The SMILES string of the molecule is CCCN(CCC)c1ccc(-c2nc3cc(C(CC(N)=O)NCc4cccn4S(=O)(=O)c4ccccc4)ccc3n2CCCN2CCCCC2)cc1. The Morgan fingerprint density at radius 2 is 1.63 bits per heavy atom. The summed E-state index contributed by atoms with van der Waals surface area (Å²) in [7, 11) is -3.78. The summed E-state index contributed by atoms with van der Waals surface area (Å²) in [4.78, 5) is 22.8. The smallest absolute Gasteiger partial charge is 0.267 e. The highest BCUT2D eigenvalue weighted by molar-refractivity contribution is 7.90. The third-order valence-corrected chi connectivity index (χ3v) is 11.7. The van der Waals surface area contributed by atoms with Crippen molar-refractivity contribution in [3.05, 3.63) is 102 Å². The van der Waals surface area contributed by atoms with Crippen LogP contribution in [-0.4, -0.2) is 65.5 Å². The highest BCUT2D eigenvalue weighted by Gasteiger charge is 2.22. The van der Waals surface area contributed by atoms with Crippen molar-refractivity contribution in [2.24, 2.45) is 5.73 Å². The number of nitrogens with zero attached hydrogens (tertiary/aromatic N) is 5. The third-order valence-electron chi connectivity index (χ3n) is 9.99. The fourth-order valence-electron chi connectivity index (χ4n) is 7.39. The van der Waals surface area contributed by atoms with Gasteiger partial charge in [-0.15, -0.1) is 0 Å². The average Bonchev–Trinajstić information content (AvgIpc) is 3.79. The zero-order valence-electron chi connectivity index (χ0n) is 30.6. The molecular weight excluding hydrogens is 671 g/mol. The Hall–Kier alpha value is -4.45. The molecule has 11 heteroatoms. The molecule has 1 atom stereocenters. The van der Waals surface area contributed by atoms with Crippen molar-refractivity contribution in [1.29, 1.82) is 0 Å². The minimum atomic E-state index is -3.78. The predicted molar refractivity (Wildman–Crippen MR) is 210 cm³/mol. The van der Waals surface area contributed by atoms with Gasteiger partial charge in [-0.05, 0) is 118 Å². The summed E-state index contributed by atoms with van der Waals surface area (Å²) in [5, 5.41) is 3.43. The molecule has 3 heterocycles. The summed E-state index contributed by atoms with van der Waals surface area (Å²) < 4.78 is 30.5. The van der Waals surface area contributed by atoms with Crippen LogP contribution in [0.3, 0.4) is 0 Å². The Labute approximate surface area is 308 Å². The molecule has 1 aliphatic heterocycles. The third kappa shape index (κ3) is 8.77. The van der Waals surface area contributed by atoms with E-state index in [0.717, 1.165) is 73.4 Å². The first-order valence-corrected chi connectivity index (χ1v) is 20.3. The number of likely N-dealkylation sites (tertiary alicyclic amines) is 1. The summed E-state index contributed by atoms with van der Waals surface area (Å²) in [6.45, 7) is 11.0. The Morgan fingerprint density at radius 1 is 0.904 bits per heavy atom. The van der Waals surface area contributed by atoms with E-state index in [1.807, 2.05) is 12.1 Å². The van der Waals surface area contributed by atoms with E-state index in [1.165, 1.54) is 42.0 Å². The molecule has 1 aliphatic rings. The highest BCUT2D eigenvalue weighted by Crippen LogP contribution is 2.30. The van der Waals surface area contributed by atoms with Crippen molar-refractivity contribution in [2.45, 2.75) is 82.8 Å². The van der Waals surface area contributed by atoms with Crippen molar-refractivity contribution >= 4 is 32.7 Å². The first kappa shape index (κ1) is 37.3. The molecule has 2 aromatic heterocycles. The van der Waals surface area contributed by atoms with Crippen LogP contribution in [0.2, 0.25) is 0 Å². The molecule has 3 aromatic carbocycles. The van der Waals surface area contributed by atoms with Crippen LogP contribution in [0, 0.1) is 0 Å². The van der Waals surface area contributed by atoms with E-state index in [4.69, 9.17) is 10.7 Å². The lowest BCUT2D eigenvalue weighted by Crippen LogP contribution is -2.31. The predicted octanol–water partition coefficient (Wildman–Crippen LogP) is 6.95. The molecule has 0 spiro atoms. The maximum atomic E-state index is 13.4. The van der Waals surface area contributed by atoms with Crippen LogP contribution < -0.4 is 16.0 Å². The second kappa shape index (κ2) is 17.4. The number of imidazole rings is 1. The molecule has 276 valence electrons. The van der Waals surface area contributed by atoms with Crippen LogP contribution in [0.15, 0.2) is 96.0 Å². The number of hydrogen-bond donors (Lipinski definition) is 2. The van der Waals surface area contributed by atoms with E-state index in [1.54, 1.807) is 48.7 Å². The van der Waals surface area contributed by atoms with Crippen LogP contribution in [0.4, 0.5) is 5.69 Å². The monoisotopic (exact) mass is 723 g/mol. The molecule has 0 bridgehead atoms. The molecule has 5 aromatic rings. The number of rotatable bonds is 18. The molecule has 1 saturated heterocycles. The van der Waals surface area contributed by atoms with Crippen LogP contribution in [0.25, 0.3) is 22.4 Å². The lowest BCUT2D eigenvalue weighted by atomic mass is 10.0. The van der Waals surface area contributed by atoms with Crippen molar-refractivity contribution in [2.75, 3.05) is 37.6 Å². The second-order valence-corrected chi connectivity index (χ2v) is 15.7. The van der Waals surface area contributed by atoms with Gasteiger partial charge in [-0.3, -0.25) is 4.79 Å². The summed E-state index contributed by atoms with van der Waals surface area (Å²) in [6, 6.07) is 26.4. The molecule has 1 unspecified atom stereocenters. The van der Waals surface area contributed by atoms with Crippen molar-refractivity contribution in [3.8, 4) is 11.4 Å². The summed E-state index contributed by atoms with van der Waals surface area (Å²) >= 11 is 0. The number of primary amides is 1. The van der Waals surface area contributed by atoms with Gasteiger partial charge in [-0.25, -0.2) is 17.4 Å². The number of hydrogen-bond acceptors (Lipinski definition) is 7. The number of fused-ring (bicyclic) bond motifs is 1. The van der Waals surface area contributed by atoms with Crippen LogP contribution >= 0.6 is 0 Å². The molecular formula is C41H53N7O3S. The quantitative estimate of drug-likeness (QED) is 0.101. The zero-order chi connectivity index (χ0) is 36.5. The number of piperidine rings is 1. The van der Waals surface area contributed by atoms with Gasteiger partial charge in [-0.2, -0.15) is 0 Å². The van der Waals surface area contributed by atoms with E-state index < -0.39 is 22.0 Å². The number of nitrogens with one attached hydrogen (secondary N) is 1. The topological polar surface area (TPSA) is 118 Å². The van der Waals surface area contributed by atoms with Crippen molar-refractivity contribution in [1.82, 2.24) is 23.7 Å². The molecule has 1 amide bonds. The highest BCUT2D eigenvalue weighted by atomic mass is 32.2. The van der Waals surface area contributed by atoms with Gasteiger partial charge in [0.25, 0.3) is 10.0 Å². The number of amides is 1. The molecule has 10 nitrogen and oxygen atoms in total. The number of nitrogens with two attached hydrogens (primary N) is 1. The van der Waals surface area contributed by atoms with Gasteiger partial charge < -0.3 is 25.4 Å². The second-order valence-electron chi connectivity index (χ2n) is 13.8. The van der Waals surface area contributed by atoms with Gasteiger partial charge in [0.05, 0.1) is 15.9 Å². The standard InChI is InChI=1S/C41H53N7O3S/c1-3-22-46(23-4-2)34-19-16-32(17-20-34)41-44-38-29-33(18-21-39(38)47(41)27-12-26-45-24-9-6-10-25-45)37(30-40(42)49)43-31-35-13-11-28-48(35)52(50,51)36-14-7-5-8-15-36/h5,7-8,11,13-21,28-29,37,43H,3-4,6,9-10,12,22-27,30-31H2,1-2H3,(H2,42,49). The lowest BCUT2D eigenvalue weighted by molar-refractivity contribution is -0.118. The Kier molecular flexibility index (Phi) is 12.5. The number of aromatic nitrogens is 3. The molecule has 0 radical (unpaired) electrons. The van der Waals surface area contributed by atoms with Crippen LogP contribution in [0.5, 0.6) is 0 Å². The normalized spacial score (nSPS) is 14.5. The van der Waals surface area contributed by atoms with Gasteiger partial charge in [-0.1, -0.05) is 44.5 Å². The van der Waals surface area contributed by atoms with Gasteiger partial charge >= 0.3 is 0 Å². The van der Waals surface area contributed by atoms with Crippen LogP contribution in [0.1, 0.15) is 76.1 Å². The molecule has 0 aliphatic carbocycles. The maximum absolute atomic E-state index is 13.4. The minimum absolute atomic E-state index is 0.0501. The fourth-order valence-corrected chi connectivity index (χ4v) is 8.79. The number of carbonyl (C=O) groups excluding carboxylic acids is 1. The molecule has 3 N–H and O–H groups in total. The zero-order valence-corrected chi connectivity index (χ0v) is 31.4. The Balaban J connectivity index is 1.29. The lowest BCUT2D eigenvalue weighted by Gasteiger charge is -2.26. The van der Waals surface area contributed by atoms with Crippen LogP contribution in [-0.2, 0) is 27.9 Å². The first-order chi connectivity index (χ1) is 25.3. The molecule has 6 rings (SSSR count). The van der Waals surface area contributed by atoms with Gasteiger partial charge in [0.1, 0.15) is 5.82 Å². The van der Waals surface area contributed by atoms with Crippen molar-refractivity contribution < 1.29 is 13.2 Å². The van der Waals surface area contributed by atoms with E-state index in [9.17, 15) is 13.2 Å². The average molecular weight is 724 g/mol. The summed E-state index contributed by atoms with van der Waals surface area (Å²) in [6.07, 6.45) is 8.69. The van der Waals surface area contributed by atoms with E-state index in [2.05, 4.69) is 63.9 Å². The Morgan fingerprint density at radius 3 is 2.33 bits per heavy atom. The molecule has 0 saturated carbocycles. The number of benzene rings is 3. The largest absolute Gasteiger partial charge is 0.372 e. The van der Waals surface area contributed by atoms with Gasteiger partial charge in [0.2, 0.25) is 5.91 Å². The summed E-state index contributed by atoms with van der Waals surface area (Å²) in [5.41, 5.74) is 11.4. The van der Waals surface area contributed by atoms with E-state index in [-0.39, 0.29) is 17.9 Å². The van der Waals surface area contributed by atoms with E-state index in [0.29, 0.717) is 5.69 Å². The van der Waals surface area contributed by atoms with Gasteiger partial charge in [0, 0.05) is 61.8 Å². The van der Waals surface area contributed by atoms with Gasteiger partial charge in [0.15, 0.2) is 0 Å². The number of anilines is 1. The van der Waals surface area contributed by atoms with E-state index >= 15 is 0 Å². The molecule has 1 fully saturated rings. The maximum Gasteiger partial charge on any atom is 0.267 e. The fraction of sp³-hybridized carbons (Fsp3) is 0.415. The Bertz CT molecular complexity index is 2010. The first-order valence-electron chi connectivity index (χ1n) is 18.8. The number of aryl methyl sites for hydroxylation is 1. The number of carbonyl (C=O) groups is 1.